The molecule has 68 heavy (non-hydrogen) atoms. The van der Waals surface area contributed by atoms with Gasteiger partial charge in [-0.2, -0.15) is 0 Å². The maximum absolute atomic E-state index is 6.91. The first kappa shape index (κ1) is 38.9. The highest BCUT2D eigenvalue weighted by Crippen LogP contribution is 2.45. The van der Waals surface area contributed by atoms with Gasteiger partial charge in [-0.05, 0) is 160 Å². The van der Waals surface area contributed by atoms with Crippen molar-refractivity contribution in [1.29, 1.82) is 0 Å². The lowest BCUT2D eigenvalue weighted by molar-refractivity contribution is 0.663. The quantitative estimate of drug-likeness (QED) is 0.162. The summed E-state index contributed by atoms with van der Waals surface area (Å²) < 4.78 is 16.2. The lowest BCUT2D eigenvalue weighted by Gasteiger charge is -2.26. The number of nitrogens with zero attached hydrogens (tertiary/aromatic N) is 2. The SMILES string of the molecule is Sc1ccccc1-c1cccc(N(c2ccccc2)c2ccc3cc4c(cc3c2)oc2c4ccc3oc4cc5cc(N(c6ccccc6)c6ccc7sc8ccccc8c7c6)ccc5cc4c32)c1. The predicted molar refractivity (Wildman–Crippen MR) is 291 cm³/mol. The molecule has 0 atom stereocenters. The second kappa shape index (κ2) is 15.4. The minimum atomic E-state index is 0.803. The summed E-state index contributed by atoms with van der Waals surface area (Å²) >= 11 is 6.63. The van der Waals surface area contributed by atoms with Crippen molar-refractivity contribution in [2.45, 2.75) is 4.90 Å². The summed E-state index contributed by atoms with van der Waals surface area (Å²) in [6.45, 7) is 0. The van der Waals surface area contributed by atoms with Gasteiger partial charge in [-0.1, -0.05) is 97.1 Å². The Bertz CT molecular complexity index is 4300. The highest BCUT2D eigenvalue weighted by atomic mass is 32.1. The van der Waals surface area contributed by atoms with Crippen LogP contribution in [0.25, 0.3) is 96.7 Å². The number of anilines is 6. The third kappa shape index (κ3) is 6.29. The van der Waals surface area contributed by atoms with E-state index in [0.29, 0.717) is 0 Å². The van der Waals surface area contributed by atoms with Gasteiger partial charge >= 0.3 is 0 Å². The van der Waals surface area contributed by atoms with E-state index in [1.807, 2.05) is 23.5 Å². The van der Waals surface area contributed by atoms with Gasteiger partial charge in [-0.25, -0.2) is 0 Å². The third-order valence-corrected chi connectivity index (χ3v) is 15.0. The Kier molecular flexibility index (Phi) is 8.81. The number of fused-ring (bicyclic) bond motifs is 12. The molecule has 0 bridgehead atoms. The van der Waals surface area contributed by atoms with Gasteiger partial charge < -0.3 is 18.6 Å². The van der Waals surface area contributed by atoms with Crippen molar-refractivity contribution < 1.29 is 8.83 Å². The van der Waals surface area contributed by atoms with Crippen LogP contribution in [-0.2, 0) is 0 Å². The van der Waals surface area contributed by atoms with Crippen LogP contribution >= 0.6 is 24.0 Å². The van der Waals surface area contributed by atoms with E-state index in [4.69, 9.17) is 21.5 Å². The topological polar surface area (TPSA) is 32.8 Å². The van der Waals surface area contributed by atoms with Crippen LogP contribution in [-0.4, -0.2) is 0 Å². The first-order valence-corrected chi connectivity index (χ1v) is 24.0. The number of benzene rings is 11. The van der Waals surface area contributed by atoms with Crippen LogP contribution in [0.15, 0.2) is 238 Å². The van der Waals surface area contributed by atoms with E-state index in [0.717, 1.165) is 116 Å². The van der Waals surface area contributed by atoms with Gasteiger partial charge in [0.15, 0.2) is 0 Å². The number of furan rings is 2. The molecular weight excluding hydrogens is 869 g/mol. The fourth-order valence-corrected chi connectivity index (χ4v) is 11.6. The van der Waals surface area contributed by atoms with Gasteiger partial charge in [0, 0.05) is 75.4 Å². The van der Waals surface area contributed by atoms with Crippen molar-refractivity contribution >= 4 is 144 Å². The molecule has 0 aliphatic carbocycles. The predicted octanol–water partition coefficient (Wildman–Crippen LogP) is 19.1. The van der Waals surface area contributed by atoms with Crippen LogP contribution < -0.4 is 9.80 Å². The highest BCUT2D eigenvalue weighted by molar-refractivity contribution is 7.80. The summed E-state index contributed by atoms with van der Waals surface area (Å²) in [4.78, 5) is 5.61. The molecule has 4 nitrogen and oxygen atoms in total. The Morgan fingerprint density at radius 2 is 0.926 bits per heavy atom. The fourth-order valence-electron chi connectivity index (χ4n) is 10.3. The van der Waals surface area contributed by atoms with Crippen LogP contribution in [0.2, 0.25) is 0 Å². The van der Waals surface area contributed by atoms with E-state index in [1.54, 1.807) is 0 Å². The summed E-state index contributed by atoms with van der Waals surface area (Å²) in [5.41, 5.74) is 12.0. The molecule has 3 heterocycles. The van der Waals surface area contributed by atoms with E-state index < -0.39 is 0 Å². The van der Waals surface area contributed by atoms with Crippen molar-refractivity contribution in [1.82, 2.24) is 0 Å². The maximum atomic E-state index is 6.91. The molecule has 320 valence electrons. The Labute approximate surface area is 400 Å². The van der Waals surface area contributed by atoms with E-state index >= 15 is 0 Å². The normalized spacial score (nSPS) is 11.9. The monoisotopic (exact) mass is 906 g/mol. The number of thiophene rings is 1. The van der Waals surface area contributed by atoms with E-state index in [9.17, 15) is 0 Å². The third-order valence-electron chi connectivity index (χ3n) is 13.4. The minimum absolute atomic E-state index is 0.803. The first-order chi connectivity index (χ1) is 33.6. The zero-order chi connectivity index (χ0) is 44.9. The van der Waals surface area contributed by atoms with E-state index in [-0.39, 0.29) is 0 Å². The lowest BCUT2D eigenvalue weighted by atomic mass is 10.0. The smallest absolute Gasteiger partial charge is 0.147 e. The van der Waals surface area contributed by atoms with Crippen LogP contribution in [0.4, 0.5) is 34.1 Å². The van der Waals surface area contributed by atoms with Crippen LogP contribution in [0.1, 0.15) is 0 Å². The summed E-state index contributed by atoms with van der Waals surface area (Å²) in [6, 6.07) is 80.1. The molecular formula is C62H38N2O2S2. The van der Waals surface area contributed by atoms with Gasteiger partial charge in [0.25, 0.3) is 0 Å². The van der Waals surface area contributed by atoms with E-state index in [2.05, 4.69) is 222 Å². The molecule has 6 heteroatoms. The lowest BCUT2D eigenvalue weighted by Crippen LogP contribution is -2.09. The van der Waals surface area contributed by atoms with Crippen LogP contribution in [0.3, 0.4) is 0 Å². The molecule has 0 radical (unpaired) electrons. The standard InChI is InChI=1S/C62H38N2O2S2/c67-58-20-9-7-18-49(58)40-12-11-17-45(30-40)63(43-13-3-1-4-14-43)46-24-22-38-33-52-51-27-28-55-61(62(51)66-56(52)35-41(38)31-46)54-34-39-23-25-47(32-42(39)36-57(54)65-55)64(44-15-5-2-6-16-44)48-26-29-60-53(37-48)50-19-8-10-21-59(50)68-60/h1-37,67H. The van der Waals surface area contributed by atoms with Gasteiger partial charge in [-0.15, -0.1) is 24.0 Å². The molecule has 11 aromatic carbocycles. The summed E-state index contributed by atoms with van der Waals surface area (Å²) in [7, 11) is 0. The Hall–Kier alpha value is -8.29. The number of para-hydroxylation sites is 2. The molecule has 0 fully saturated rings. The molecule has 0 unspecified atom stereocenters. The number of hydrogen-bond donors (Lipinski definition) is 1. The van der Waals surface area contributed by atoms with Gasteiger partial charge in [-0.3, -0.25) is 0 Å². The molecule has 0 N–H and O–H groups in total. The largest absolute Gasteiger partial charge is 0.456 e. The molecule has 0 saturated heterocycles. The molecule has 14 aromatic rings. The highest BCUT2D eigenvalue weighted by Gasteiger charge is 2.21. The minimum Gasteiger partial charge on any atom is -0.456 e. The molecule has 0 saturated carbocycles. The second-order valence-corrected chi connectivity index (χ2v) is 19.0. The average Bonchev–Trinajstić information content (AvgIpc) is 4.06. The second-order valence-electron chi connectivity index (χ2n) is 17.5. The molecule has 3 aromatic heterocycles. The van der Waals surface area contributed by atoms with Crippen molar-refractivity contribution in [2.75, 3.05) is 9.80 Å². The maximum Gasteiger partial charge on any atom is 0.147 e. The van der Waals surface area contributed by atoms with Crippen LogP contribution in [0.5, 0.6) is 0 Å². The van der Waals surface area contributed by atoms with E-state index in [1.165, 1.54) is 20.2 Å². The molecule has 0 aliphatic rings. The fraction of sp³-hybridized carbons (Fsp3) is 0. The molecule has 14 rings (SSSR count). The zero-order valence-electron chi connectivity index (χ0n) is 36.4. The molecule has 0 amide bonds. The Morgan fingerprint density at radius 3 is 1.66 bits per heavy atom. The number of thiol groups is 1. The summed E-state index contributed by atoms with van der Waals surface area (Å²) in [6.07, 6.45) is 0. The number of hydrogen-bond acceptors (Lipinski definition) is 6. The Balaban J connectivity index is 0.873. The summed E-state index contributed by atoms with van der Waals surface area (Å²) in [5.74, 6) is 0. The molecule has 0 aliphatic heterocycles. The van der Waals surface area contributed by atoms with Crippen molar-refractivity contribution in [2.24, 2.45) is 0 Å². The number of rotatable bonds is 7. The first-order valence-electron chi connectivity index (χ1n) is 22.8. The van der Waals surface area contributed by atoms with Crippen molar-refractivity contribution in [3.05, 3.63) is 224 Å². The van der Waals surface area contributed by atoms with Crippen LogP contribution in [0, 0.1) is 0 Å². The zero-order valence-corrected chi connectivity index (χ0v) is 38.1. The average molecular weight is 907 g/mol. The molecule has 0 spiro atoms. The van der Waals surface area contributed by atoms with Crippen molar-refractivity contribution in [3.8, 4) is 11.1 Å². The van der Waals surface area contributed by atoms with Crippen molar-refractivity contribution in [3.63, 3.8) is 0 Å². The van der Waals surface area contributed by atoms with Gasteiger partial charge in [0.1, 0.15) is 22.3 Å². The van der Waals surface area contributed by atoms with Gasteiger partial charge in [0.05, 0.1) is 5.39 Å². The Morgan fingerprint density at radius 1 is 0.338 bits per heavy atom. The summed E-state index contributed by atoms with van der Waals surface area (Å²) in [5, 5.41) is 11.2. The van der Waals surface area contributed by atoms with Gasteiger partial charge in [0.2, 0.25) is 0 Å².